The SMILES string of the molecule is CC1SCCC1NC1CCC(=O)NC1. The van der Waals surface area contributed by atoms with Crippen LogP contribution in [0.3, 0.4) is 0 Å². The van der Waals surface area contributed by atoms with Gasteiger partial charge in [-0.1, -0.05) is 6.92 Å². The van der Waals surface area contributed by atoms with E-state index >= 15 is 0 Å². The topological polar surface area (TPSA) is 41.1 Å². The predicted octanol–water partition coefficient (Wildman–Crippen LogP) is 0.749. The second-order valence-corrected chi connectivity index (χ2v) is 5.66. The summed E-state index contributed by atoms with van der Waals surface area (Å²) in [6.45, 7) is 3.10. The van der Waals surface area contributed by atoms with E-state index in [1.54, 1.807) is 0 Å². The number of rotatable bonds is 2. The quantitative estimate of drug-likeness (QED) is 0.712. The van der Waals surface area contributed by atoms with Crippen molar-refractivity contribution in [1.82, 2.24) is 10.6 Å². The van der Waals surface area contributed by atoms with Crippen molar-refractivity contribution in [3.05, 3.63) is 0 Å². The average molecular weight is 214 g/mol. The molecule has 0 saturated carbocycles. The number of nitrogens with one attached hydrogen (secondary N) is 2. The van der Waals surface area contributed by atoms with E-state index in [2.05, 4.69) is 17.6 Å². The normalized spacial score (nSPS) is 38.4. The van der Waals surface area contributed by atoms with Gasteiger partial charge < -0.3 is 10.6 Å². The van der Waals surface area contributed by atoms with Gasteiger partial charge in [0.2, 0.25) is 5.91 Å². The van der Waals surface area contributed by atoms with Crippen LogP contribution in [0.4, 0.5) is 0 Å². The highest BCUT2D eigenvalue weighted by Gasteiger charge is 2.27. The Morgan fingerprint density at radius 1 is 1.50 bits per heavy atom. The first kappa shape index (κ1) is 10.3. The lowest BCUT2D eigenvalue weighted by atomic mass is 10.0. The maximum Gasteiger partial charge on any atom is 0.220 e. The van der Waals surface area contributed by atoms with Gasteiger partial charge in [-0.25, -0.2) is 0 Å². The lowest BCUT2D eigenvalue weighted by Crippen LogP contribution is -2.50. The molecular formula is C10H18N2OS. The second-order valence-electron chi connectivity index (χ2n) is 4.18. The predicted molar refractivity (Wildman–Crippen MR) is 59.5 cm³/mol. The van der Waals surface area contributed by atoms with Gasteiger partial charge in [-0.3, -0.25) is 4.79 Å². The van der Waals surface area contributed by atoms with Gasteiger partial charge in [-0.15, -0.1) is 0 Å². The highest BCUT2D eigenvalue weighted by molar-refractivity contribution is 8.00. The third-order valence-corrected chi connectivity index (χ3v) is 4.42. The molecule has 0 aromatic carbocycles. The first-order valence-electron chi connectivity index (χ1n) is 5.40. The molecule has 4 heteroatoms. The molecule has 1 amide bonds. The molecule has 14 heavy (non-hydrogen) atoms. The van der Waals surface area contributed by atoms with Crippen molar-refractivity contribution in [3.8, 4) is 0 Å². The van der Waals surface area contributed by atoms with Crippen LogP contribution < -0.4 is 10.6 Å². The van der Waals surface area contributed by atoms with Crippen molar-refractivity contribution >= 4 is 17.7 Å². The lowest BCUT2D eigenvalue weighted by Gasteiger charge is -2.28. The number of hydrogen-bond donors (Lipinski definition) is 2. The Bertz CT molecular complexity index is 212. The highest BCUT2D eigenvalue weighted by atomic mass is 32.2. The first-order chi connectivity index (χ1) is 6.75. The Kier molecular flexibility index (Phi) is 3.34. The number of carbonyl (C=O) groups is 1. The summed E-state index contributed by atoms with van der Waals surface area (Å²) >= 11 is 2.04. The molecule has 2 saturated heterocycles. The summed E-state index contributed by atoms with van der Waals surface area (Å²) in [5.41, 5.74) is 0. The standard InChI is InChI=1S/C10H18N2OS/c1-7-9(4-5-14-7)12-8-2-3-10(13)11-6-8/h7-9,12H,2-6H2,1H3,(H,11,13). The molecule has 2 aliphatic heterocycles. The van der Waals surface area contributed by atoms with Gasteiger partial charge in [0, 0.05) is 30.3 Å². The van der Waals surface area contributed by atoms with E-state index in [4.69, 9.17) is 0 Å². The molecule has 2 heterocycles. The van der Waals surface area contributed by atoms with Crippen LogP contribution in [-0.2, 0) is 4.79 Å². The van der Waals surface area contributed by atoms with Gasteiger partial charge in [0.15, 0.2) is 0 Å². The third kappa shape index (κ3) is 2.42. The monoisotopic (exact) mass is 214 g/mol. The second kappa shape index (κ2) is 4.53. The van der Waals surface area contributed by atoms with Crippen molar-refractivity contribution in [2.45, 2.75) is 43.5 Å². The molecule has 2 fully saturated rings. The maximum atomic E-state index is 11.0. The number of piperidine rings is 1. The van der Waals surface area contributed by atoms with E-state index < -0.39 is 0 Å². The number of carbonyl (C=O) groups excluding carboxylic acids is 1. The van der Waals surface area contributed by atoms with Crippen LogP contribution >= 0.6 is 11.8 Å². The van der Waals surface area contributed by atoms with E-state index in [1.807, 2.05) is 11.8 Å². The minimum absolute atomic E-state index is 0.205. The van der Waals surface area contributed by atoms with Crippen LogP contribution in [-0.4, -0.2) is 35.5 Å². The number of hydrogen-bond acceptors (Lipinski definition) is 3. The molecule has 2 rings (SSSR count). The van der Waals surface area contributed by atoms with E-state index in [9.17, 15) is 4.79 Å². The van der Waals surface area contributed by atoms with Crippen LogP contribution in [0.25, 0.3) is 0 Å². The van der Waals surface area contributed by atoms with Crippen LogP contribution in [0, 0.1) is 0 Å². The molecule has 3 atom stereocenters. The number of amides is 1. The molecule has 3 unspecified atom stereocenters. The largest absolute Gasteiger partial charge is 0.355 e. The fraction of sp³-hybridized carbons (Fsp3) is 0.900. The molecular weight excluding hydrogens is 196 g/mol. The highest BCUT2D eigenvalue weighted by Crippen LogP contribution is 2.26. The Morgan fingerprint density at radius 3 is 2.93 bits per heavy atom. The summed E-state index contributed by atoms with van der Waals surface area (Å²) < 4.78 is 0. The zero-order valence-electron chi connectivity index (χ0n) is 8.58. The molecule has 0 aromatic rings. The van der Waals surface area contributed by atoms with Gasteiger partial charge in [-0.2, -0.15) is 11.8 Å². The lowest BCUT2D eigenvalue weighted by molar-refractivity contribution is -0.122. The average Bonchev–Trinajstić information content (AvgIpc) is 2.56. The fourth-order valence-electron chi connectivity index (χ4n) is 2.13. The van der Waals surface area contributed by atoms with Gasteiger partial charge in [0.05, 0.1) is 0 Å². The van der Waals surface area contributed by atoms with E-state index in [1.165, 1.54) is 12.2 Å². The Hall–Kier alpha value is -0.220. The molecule has 3 nitrogen and oxygen atoms in total. The van der Waals surface area contributed by atoms with Crippen LogP contribution in [0.2, 0.25) is 0 Å². The summed E-state index contributed by atoms with van der Waals surface area (Å²) in [6.07, 6.45) is 2.96. The summed E-state index contributed by atoms with van der Waals surface area (Å²) in [5.74, 6) is 1.48. The smallest absolute Gasteiger partial charge is 0.220 e. The van der Waals surface area contributed by atoms with Crippen molar-refractivity contribution in [1.29, 1.82) is 0 Å². The van der Waals surface area contributed by atoms with Crippen LogP contribution in [0.5, 0.6) is 0 Å². The van der Waals surface area contributed by atoms with E-state index in [-0.39, 0.29) is 5.91 Å². The molecule has 0 spiro atoms. The molecule has 0 aromatic heterocycles. The molecule has 2 aliphatic rings. The van der Waals surface area contributed by atoms with Gasteiger partial charge in [-0.05, 0) is 18.6 Å². The Labute approximate surface area is 89.4 Å². The fourth-order valence-corrected chi connectivity index (χ4v) is 3.34. The summed E-state index contributed by atoms with van der Waals surface area (Å²) in [6, 6.07) is 1.15. The third-order valence-electron chi connectivity index (χ3n) is 3.09. The molecule has 80 valence electrons. The molecule has 0 aliphatic carbocycles. The van der Waals surface area contributed by atoms with Crippen molar-refractivity contribution in [2.24, 2.45) is 0 Å². The van der Waals surface area contributed by atoms with Crippen molar-refractivity contribution < 1.29 is 4.79 Å². The molecule has 0 radical (unpaired) electrons. The minimum atomic E-state index is 0.205. The summed E-state index contributed by atoms with van der Waals surface area (Å²) in [4.78, 5) is 11.0. The van der Waals surface area contributed by atoms with Gasteiger partial charge in [0.1, 0.15) is 0 Å². The van der Waals surface area contributed by atoms with E-state index in [0.29, 0.717) is 18.5 Å². The summed E-state index contributed by atoms with van der Waals surface area (Å²) in [5, 5.41) is 7.29. The Balaban J connectivity index is 1.77. The van der Waals surface area contributed by atoms with Crippen LogP contribution in [0.15, 0.2) is 0 Å². The molecule has 0 bridgehead atoms. The van der Waals surface area contributed by atoms with Crippen LogP contribution in [0.1, 0.15) is 26.2 Å². The van der Waals surface area contributed by atoms with E-state index in [0.717, 1.165) is 18.2 Å². The zero-order chi connectivity index (χ0) is 9.97. The van der Waals surface area contributed by atoms with Gasteiger partial charge >= 0.3 is 0 Å². The first-order valence-corrected chi connectivity index (χ1v) is 6.45. The zero-order valence-corrected chi connectivity index (χ0v) is 9.40. The van der Waals surface area contributed by atoms with Gasteiger partial charge in [0.25, 0.3) is 0 Å². The Morgan fingerprint density at radius 2 is 2.36 bits per heavy atom. The number of thioether (sulfide) groups is 1. The minimum Gasteiger partial charge on any atom is -0.355 e. The summed E-state index contributed by atoms with van der Waals surface area (Å²) in [7, 11) is 0. The van der Waals surface area contributed by atoms with Crippen molar-refractivity contribution in [2.75, 3.05) is 12.3 Å². The maximum absolute atomic E-state index is 11.0. The molecule has 2 N–H and O–H groups in total. The van der Waals surface area contributed by atoms with Crippen molar-refractivity contribution in [3.63, 3.8) is 0 Å².